The van der Waals surface area contributed by atoms with Gasteiger partial charge in [0.2, 0.25) is 0 Å². The Morgan fingerprint density at radius 2 is 1.78 bits per heavy atom. The zero-order valence-electron chi connectivity index (χ0n) is 15.1. The van der Waals surface area contributed by atoms with Crippen molar-refractivity contribution in [3.63, 3.8) is 0 Å². The SMILES string of the molecule is CC1=C(C(=O)Nc2ccc(C)c(C)c2)[C@H](c2ccc(Cl)cc2Cl)NC(=O)N1. The van der Waals surface area contributed by atoms with Gasteiger partial charge in [0.05, 0.1) is 11.6 Å². The third-order valence-electron chi connectivity index (χ3n) is 4.55. The molecular weight excluding hydrogens is 385 g/mol. The van der Waals surface area contributed by atoms with Gasteiger partial charge in [-0.25, -0.2) is 4.79 Å². The number of hydrogen-bond donors (Lipinski definition) is 3. The molecule has 3 N–H and O–H groups in total. The van der Waals surface area contributed by atoms with Crippen LogP contribution in [0.5, 0.6) is 0 Å². The molecular formula is C20H19Cl2N3O2. The van der Waals surface area contributed by atoms with Crippen molar-refractivity contribution < 1.29 is 9.59 Å². The van der Waals surface area contributed by atoms with Crippen molar-refractivity contribution in [1.29, 1.82) is 0 Å². The Morgan fingerprint density at radius 1 is 1.04 bits per heavy atom. The number of allylic oxidation sites excluding steroid dienone is 1. The molecule has 0 fully saturated rings. The maximum absolute atomic E-state index is 13.0. The topological polar surface area (TPSA) is 70.2 Å². The van der Waals surface area contributed by atoms with Crippen molar-refractivity contribution in [2.45, 2.75) is 26.8 Å². The van der Waals surface area contributed by atoms with E-state index in [1.54, 1.807) is 25.1 Å². The zero-order chi connectivity index (χ0) is 19.7. The molecule has 1 aliphatic heterocycles. The van der Waals surface area contributed by atoms with E-state index in [9.17, 15) is 9.59 Å². The third-order valence-corrected chi connectivity index (χ3v) is 5.11. The molecule has 140 valence electrons. The van der Waals surface area contributed by atoms with Crippen LogP contribution in [0.25, 0.3) is 0 Å². The van der Waals surface area contributed by atoms with Gasteiger partial charge in [-0.1, -0.05) is 35.3 Å². The average molecular weight is 404 g/mol. The van der Waals surface area contributed by atoms with Crippen molar-refractivity contribution in [1.82, 2.24) is 10.6 Å². The summed E-state index contributed by atoms with van der Waals surface area (Å²) in [6.07, 6.45) is 0. The molecule has 2 aromatic rings. The van der Waals surface area contributed by atoms with Gasteiger partial charge in [0.1, 0.15) is 0 Å². The zero-order valence-corrected chi connectivity index (χ0v) is 16.6. The van der Waals surface area contributed by atoms with Gasteiger partial charge >= 0.3 is 6.03 Å². The van der Waals surface area contributed by atoms with Gasteiger partial charge in [-0.2, -0.15) is 0 Å². The number of halogens is 2. The van der Waals surface area contributed by atoms with Crippen LogP contribution in [-0.2, 0) is 4.79 Å². The van der Waals surface area contributed by atoms with Gasteiger partial charge in [-0.3, -0.25) is 4.79 Å². The van der Waals surface area contributed by atoms with Crippen LogP contribution in [0.3, 0.4) is 0 Å². The van der Waals surface area contributed by atoms with Crippen LogP contribution >= 0.6 is 23.2 Å². The number of urea groups is 1. The average Bonchev–Trinajstić information content (AvgIpc) is 2.57. The highest BCUT2D eigenvalue weighted by molar-refractivity contribution is 6.35. The van der Waals surface area contributed by atoms with Crippen molar-refractivity contribution in [2.75, 3.05) is 5.32 Å². The van der Waals surface area contributed by atoms with Gasteiger partial charge in [0, 0.05) is 21.4 Å². The molecule has 0 saturated heterocycles. The largest absolute Gasteiger partial charge is 0.327 e. The number of nitrogens with one attached hydrogen (secondary N) is 3. The first-order valence-corrected chi connectivity index (χ1v) is 9.13. The number of benzene rings is 2. The maximum atomic E-state index is 13.0. The van der Waals surface area contributed by atoms with E-state index in [0.29, 0.717) is 32.6 Å². The molecule has 0 spiro atoms. The Hall–Kier alpha value is -2.50. The lowest BCUT2D eigenvalue weighted by Gasteiger charge is -2.29. The Labute approximate surface area is 167 Å². The summed E-state index contributed by atoms with van der Waals surface area (Å²) in [5.41, 5.74) is 4.35. The molecule has 7 heteroatoms. The number of aryl methyl sites for hydroxylation is 2. The van der Waals surface area contributed by atoms with Crippen LogP contribution in [0, 0.1) is 13.8 Å². The second-order valence-corrected chi connectivity index (χ2v) is 7.33. The van der Waals surface area contributed by atoms with Gasteiger partial charge in [-0.15, -0.1) is 0 Å². The minimum atomic E-state index is -0.685. The molecule has 3 rings (SSSR count). The molecule has 0 radical (unpaired) electrons. The van der Waals surface area contributed by atoms with Crippen LogP contribution in [0.15, 0.2) is 47.7 Å². The van der Waals surface area contributed by atoms with Crippen LogP contribution in [0.4, 0.5) is 10.5 Å². The molecule has 2 aromatic carbocycles. The fraction of sp³-hybridized carbons (Fsp3) is 0.200. The number of amides is 3. The molecule has 1 atom stereocenters. The molecule has 0 saturated carbocycles. The van der Waals surface area contributed by atoms with E-state index in [4.69, 9.17) is 23.2 Å². The third kappa shape index (κ3) is 4.10. The normalized spacial score (nSPS) is 16.6. The van der Waals surface area contributed by atoms with Gasteiger partial charge in [-0.05, 0) is 61.7 Å². The predicted octanol–water partition coefficient (Wildman–Crippen LogP) is 4.88. The highest BCUT2D eigenvalue weighted by Gasteiger charge is 2.32. The summed E-state index contributed by atoms with van der Waals surface area (Å²) in [6.45, 7) is 5.67. The Balaban J connectivity index is 1.98. The number of anilines is 1. The molecule has 1 heterocycles. The van der Waals surface area contributed by atoms with Crippen LogP contribution in [0.2, 0.25) is 10.0 Å². The van der Waals surface area contributed by atoms with E-state index >= 15 is 0 Å². The number of carbonyl (C=O) groups excluding carboxylic acids is 2. The smallest absolute Gasteiger partial charge is 0.319 e. The van der Waals surface area contributed by atoms with Crippen LogP contribution in [0.1, 0.15) is 29.7 Å². The number of rotatable bonds is 3. The van der Waals surface area contributed by atoms with Crippen molar-refractivity contribution in [3.8, 4) is 0 Å². The molecule has 0 aromatic heterocycles. The summed E-state index contributed by atoms with van der Waals surface area (Å²) in [7, 11) is 0. The first-order chi connectivity index (χ1) is 12.8. The minimum Gasteiger partial charge on any atom is -0.327 e. The Morgan fingerprint density at radius 3 is 2.44 bits per heavy atom. The van der Waals surface area contributed by atoms with E-state index in [0.717, 1.165) is 11.1 Å². The summed E-state index contributed by atoms with van der Waals surface area (Å²) >= 11 is 12.3. The quantitative estimate of drug-likeness (QED) is 0.683. The van der Waals surface area contributed by atoms with Gasteiger partial charge < -0.3 is 16.0 Å². The molecule has 0 aliphatic carbocycles. The van der Waals surface area contributed by atoms with E-state index < -0.39 is 12.1 Å². The lowest BCUT2D eigenvalue weighted by atomic mass is 9.94. The summed E-state index contributed by atoms with van der Waals surface area (Å²) in [5.74, 6) is -0.320. The first-order valence-electron chi connectivity index (χ1n) is 8.38. The molecule has 1 aliphatic rings. The summed E-state index contributed by atoms with van der Waals surface area (Å²) in [5, 5.41) is 9.16. The van der Waals surface area contributed by atoms with Crippen LogP contribution < -0.4 is 16.0 Å². The Bertz CT molecular complexity index is 970. The molecule has 0 bridgehead atoms. The summed E-state index contributed by atoms with van der Waals surface area (Å²) in [6, 6.07) is 9.57. The maximum Gasteiger partial charge on any atom is 0.319 e. The second kappa shape index (κ2) is 7.62. The summed E-state index contributed by atoms with van der Waals surface area (Å²) < 4.78 is 0. The number of carbonyl (C=O) groups is 2. The molecule has 0 unspecified atom stereocenters. The van der Waals surface area contributed by atoms with Crippen LogP contribution in [-0.4, -0.2) is 11.9 Å². The summed E-state index contributed by atoms with van der Waals surface area (Å²) in [4.78, 5) is 25.0. The second-order valence-electron chi connectivity index (χ2n) is 6.49. The highest BCUT2D eigenvalue weighted by atomic mass is 35.5. The van der Waals surface area contributed by atoms with E-state index in [1.165, 1.54) is 0 Å². The molecule has 27 heavy (non-hydrogen) atoms. The van der Waals surface area contributed by atoms with E-state index in [1.807, 2.05) is 32.0 Å². The molecule has 5 nitrogen and oxygen atoms in total. The fourth-order valence-electron chi connectivity index (χ4n) is 2.98. The fourth-order valence-corrected chi connectivity index (χ4v) is 3.50. The van der Waals surface area contributed by atoms with Gasteiger partial charge in [0.25, 0.3) is 5.91 Å². The molecule has 3 amide bonds. The van der Waals surface area contributed by atoms with Crippen molar-refractivity contribution in [3.05, 3.63) is 74.4 Å². The van der Waals surface area contributed by atoms with E-state index in [-0.39, 0.29) is 5.91 Å². The number of hydrogen-bond acceptors (Lipinski definition) is 2. The highest BCUT2D eigenvalue weighted by Crippen LogP contribution is 2.33. The van der Waals surface area contributed by atoms with Crippen molar-refractivity contribution in [2.24, 2.45) is 0 Å². The Kier molecular flexibility index (Phi) is 5.44. The standard InChI is InChI=1S/C20H19Cl2N3O2/c1-10-4-6-14(8-11(10)2)24-19(26)17-12(3)23-20(27)25-18(17)15-7-5-13(21)9-16(15)22/h4-9,18H,1-3H3,(H,24,26)(H2,23,25,27)/t18-/m0/s1. The minimum absolute atomic E-state index is 0.320. The lowest BCUT2D eigenvalue weighted by molar-refractivity contribution is -0.113. The monoisotopic (exact) mass is 403 g/mol. The van der Waals surface area contributed by atoms with E-state index in [2.05, 4.69) is 16.0 Å². The lowest BCUT2D eigenvalue weighted by Crippen LogP contribution is -2.46. The van der Waals surface area contributed by atoms with Gasteiger partial charge in [0.15, 0.2) is 0 Å². The first kappa shape index (κ1) is 19.3. The van der Waals surface area contributed by atoms with Crippen molar-refractivity contribution >= 4 is 40.8 Å². The predicted molar refractivity (Wildman–Crippen MR) is 108 cm³/mol.